The number of benzene rings is 3. The van der Waals surface area contributed by atoms with Gasteiger partial charge < -0.3 is 20.4 Å². The summed E-state index contributed by atoms with van der Waals surface area (Å²) in [6.07, 6.45) is 4.56. The standard InChI is InChI=1S/C30H31FN8O/c1-5-29(40)36-26-15-24-25(16-28(26)38(4)12-11-37(2)3)32-19-33-30(24)35-23-9-10-27-21(14-23)17-34-39(27)18-20-7-6-8-22(31)13-20/h5-10,13-17,19H,1,11-12,18H2,2-4H3,(H,36,40)(H,32,33,35). The van der Waals surface area contributed by atoms with Crippen LogP contribution in [0.5, 0.6) is 0 Å². The number of hydrogen-bond donors (Lipinski definition) is 2. The summed E-state index contributed by atoms with van der Waals surface area (Å²) in [6, 6.07) is 16.3. The van der Waals surface area contributed by atoms with Crippen molar-refractivity contribution in [1.29, 1.82) is 0 Å². The molecular formula is C30H31FN8O. The Morgan fingerprint density at radius 3 is 2.70 bits per heavy atom. The largest absolute Gasteiger partial charge is 0.372 e. The van der Waals surface area contributed by atoms with Crippen LogP contribution >= 0.6 is 0 Å². The predicted octanol–water partition coefficient (Wildman–Crippen LogP) is 5.03. The molecule has 0 aliphatic carbocycles. The van der Waals surface area contributed by atoms with E-state index in [0.29, 0.717) is 18.1 Å². The molecule has 0 unspecified atom stereocenters. The third kappa shape index (κ3) is 5.92. The van der Waals surface area contributed by atoms with Gasteiger partial charge in [0.1, 0.15) is 18.0 Å². The Hall–Kier alpha value is -4.83. The van der Waals surface area contributed by atoms with Gasteiger partial charge in [-0.05, 0) is 68.2 Å². The number of hydrogen-bond acceptors (Lipinski definition) is 7. The van der Waals surface area contributed by atoms with Gasteiger partial charge in [-0.2, -0.15) is 5.10 Å². The summed E-state index contributed by atoms with van der Waals surface area (Å²) in [5, 5.41) is 12.5. The lowest BCUT2D eigenvalue weighted by Crippen LogP contribution is -2.29. The van der Waals surface area contributed by atoms with Crippen molar-refractivity contribution >= 4 is 50.6 Å². The van der Waals surface area contributed by atoms with Crippen LogP contribution in [0.25, 0.3) is 21.8 Å². The molecule has 0 saturated heterocycles. The second-order valence-electron chi connectivity index (χ2n) is 9.86. The molecule has 0 saturated carbocycles. The molecule has 2 aromatic heterocycles. The number of nitrogens with one attached hydrogen (secondary N) is 2. The number of fused-ring (bicyclic) bond motifs is 2. The van der Waals surface area contributed by atoms with E-state index in [2.05, 4.69) is 42.1 Å². The van der Waals surface area contributed by atoms with Crippen LogP contribution in [-0.4, -0.2) is 64.8 Å². The summed E-state index contributed by atoms with van der Waals surface area (Å²) >= 11 is 0. The Morgan fingerprint density at radius 2 is 1.93 bits per heavy atom. The lowest BCUT2D eigenvalue weighted by atomic mass is 10.1. The van der Waals surface area contributed by atoms with Gasteiger partial charge >= 0.3 is 0 Å². The number of amides is 1. The fourth-order valence-electron chi connectivity index (χ4n) is 4.50. The topological polar surface area (TPSA) is 91.2 Å². The highest BCUT2D eigenvalue weighted by Crippen LogP contribution is 2.34. The highest BCUT2D eigenvalue weighted by molar-refractivity contribution is 6.05. The first kappa shape index (κ1) is 26.8. The van der Waals surface area contributed by atoms with E-state index in [9.17, 15) is 9.18 Å². The summed E-state index contributed by atoms with van der Waals surface area (Å²) in [6.45, 7) is 5.67. The zero-order chi connectivity index (χ0) is 28.2. The first-order valence-electron chi connectivity index (χ1n) is 12.9. The maximum absolute atomic E-state index is 13.6. The van der Waals surface area contributed by atoms with Crippen LogP contribution in [-0.2, 0) is 11.3 Å². The van der Waals surface area contributed by atoms with Crippen molar-refractivity contribution in [1.82, 2.24) is 24.6 Å². The second-order valence-corrected chi connectivity index (χ2v) is 9.86. The fourth-order valence-corrected chi connectivity index (χ4v) is 4.50. The van der Waals surface area contributed by atoms with E-state index >= 15 is 0 Å². The van der Waals surface area contributed by atoms with Crippen LogP contribution < -0.4 is 15.5 Å². The molecule has 0 atom stereocenters. The van der Waals surface area contributed by atoms with Crippen molar-refractivity contribution in [3.8, 4) is 0 Å². The minimum atomic E-state index is -0.298. The van der Waals surface area contributed by atoms with Crippen molar-refractivity contribution in [2.24, 2.45) is 0 Å². The first-order valence-corrected chi connectivity index (χ1v) is 12.9. The summed E-state index contributed by atoms with van der Waals surface area (Å²) in [5.74, 6) is 0.0406. The van der Waals surface area contributed by atoms with Gasteiger partial charge in [-0.25, -0.2) is 14.4 Å². The van der Waals surface area contributed by atoms with Gasteiger partial charge in [0.25, 0.3) is 0 Å². The number of nitrogens with zero attached hydrogens (tertiary/aromatic N) is 6. The van der Waals surface area contributed by atoms with Crippen LogP contribution in [0.2, 0.25) is 0 Å². The van der Waals surface area contributed by atoms with Crippen molar-refractivity contribution in [2.45, 2.75) is 6.54 Å². The fraction of sp³-hybridized carbons (Fsp3) is 0.200. The van der Waals surface area contributed by atoms with E-state index in [1.807, 2.05) is 62.2 Å². The van der Waals surface area contributed by atoms with E-state index in [4.69, 9.17) is 0 Å². The molecule has 9 nitrogen and oxygen atoms in total. The molecule has 1 amide bonds. The third-order valence-electron chi connectivity index (χ3n) is 6.62. The van der Waals surface area contributed by atoms with Crippen LogP contribution in [0.1, 0.15) is 5.56 Å². The van der Waals surface area contributed by atoms with Crippen molar-refractivity contribution in [3.05, 3.63) is 91.2 Å². The van der Waals surface area contributed by atoms with Gasteiger partial charge in [0.15, 0.2) is 0 Å². The molecule has 10 heteroatoms. The van der Waals surface area contributed by atoms with E-state index in [1.54, 1.807) is 12.3 Å². The minimum absolute atomic E-state index is 0.267. The molecule has 40 heavy (non-hydrogen) atoms. The Labute approximate surface area is 231 Å². The highest BCUT2D eigenvalue weighted by atomic mass is 19.1. The lowest BCUT2D eigenvalue weighted by Gasteiger charge is -2.25. The van der Waals surface area contributed by atoms with Crippen molar-refractivity contribution in [2.75, 3.05) is 49.8 Å². The maximum atomic E-state index is 13.6. The molecule has 0 fully saturated rings. The van der Waals surface area contributed by atoms with E-state index < -0.39 is 0 Å². The Balaban J connectivity index is 1.46. The number of carbonyl (C=O) groups is 1. The average molecular weight is 539 g/mol. The Morgan fingerprint density at radius 1 is 1.07 bits per heavy atom. The van der Waals surface area contributed by atoms with Gasteiger partial charge in [0.2, 0.25) is 5.91 Å². The average Bonchev–Trinajstić information content (AvgIpc) is 3.33. The number of rotatable bonds is 10. The molecular weight excluding hydrogens is 507 g/mol. The molecule has 2 N–H and O–H groups in total. The molecule has 3 aromatic carbocycles. The minimum Gasteiger partial charge on any atom is -0.372 e. The third-order valence-corrected chi connectivity index (χ3v) is 6.62. The van der Waals surface area contributed by atoms with Gasteiger partial charge in [-0.3, -0.25) is 9.48 Å². The van der Waals surface area contributed by atoms with E-state index in [1.165, 1.54) is 24.5 Å². The molecule has 0 spiro atoms. The number of likely N-dealkylation sites (N-methyl/N-ethyl adjacent to an activating group) is 2. The van der Waals surface area contributed by atoms with Crippen molar-refractivity contribution in [3.63, 3.8) is 0 Å². The highest BCUT2D eigenvalue weighted by Gasteiger charge is 2.15. The monoisotopic (exact) mass is 538 g/mol. The number of carbonyl (C=O) groups excluding carboxylic acids is 1. The van der Waals surface area contributed by atoms with Gasteiger partial charge in [0, 0.05) is 36.6 Å². The molecule has 5 rings (SSSR count). The summed E-state index contributed by atoms with van der Waals surface area (Å²) in [5.41, 5.74) is 4.83. The normalized spacial score (nSPS) is 11.2. The van der Waals surface area contributed by atoms with Gasteiger partial charge in [0.05, 0.1) is 35.1 Å². The zero-order valence-corrected chi connectivity index (χ0v) is 22.7. The zero-order valence-electron chi connectivity index (χ0n) is 22.7. The quantitative estimate of drug-likeness (QED) is 0.241. The summed E-state index contributed by atoms with van der Waals surface area (Å²) in [4.78, 5) is 25.4. The van der Waals surface area contributed by atoms with Crippen LogP contribution in [0, 0.1) is 5.82 Å². The lowest BCUT2D eigenvalue weighted by molar-refractivity contribution is -0.111. The van der Waals surface area contributed by atoms with Crippen LogP contribution in [0.15, 0.2) is 79.8 Å². The number of halogens is 1. The maximum Gasteiger partial charge on any atom is 0.247 e. The smallest absolute Gasteiger partial charge is 0.247 e. The molecule has 0 bridgehead atoms. The van der Waals surface area contributed by atoms with Gasteiger partial charge in [-0.1, -0.05) is 18.7 Å². The van der Waals surface area contributed by atoms with Gasteiger partial charge in [-0.15, -0.1) is 0 Å². The Bertz CT molecular complexity index is 1700. The van der Waals surface area contributed by atoms with E-state index in [0.717, 1.165) is 51.8 Å². The predicted molar refractivity (Wildman–Crippen MR) is 159 cm³/mol. The summed E-state index contributed by atoms with van der Waals surface area (Å²) in [7, 11) is 6.03. The molecule has 204 valence electrons. The summed E-state index contributed by atoms with van der Waals surface area (Å²) < 4.78 is 15.5. The first-order chi connectivity index (χ1) is 19.3. The molecule has 0 aliphatic heterocycles. The van der Waals surface area contributed by atoms with E-state index in [-0.39, 0.29) is 11.7 Å². The van der Waals surface area contributed by atoms with Crippen LogP contribution in [0.4, 0.5) is 27.3 Å². The Kier molecular flexibility index (Phi) is 7.70. The molecule has 5 aromatic rings. The number of anilines is 4. The molecule has 0 radical (unpaired) electrons. The second kappa shape index (κ2) is 11.5. The number of aromatic nitrogens is 4. The van der Waals surface area contributed by atoms with Crippen molar-refractivity contribution < 1.29 is 9.18 Å². The van der Waals surface area contributed by atoms with Crippen LogP contribution in [0.3, 0.4) is 0 Å². The molecule has 0 aliphatic rings. The molecule has 2 heterocycles. The SMILES string of the molecule is C=CC(=O)Nc1cc2c(Nc3ccc4c(cnn4Cc4cccc(F)c4)c3)ncnc2cc1N(C)CCN(C)C.